The molecule has 2 heteroatoms. The van der Waals surface area contributed by atoms with E-state index in [-0.39, 0.29) is 0 Å². The minimum Gasteiger partial charge on any atom is -0.278 e. The summed E-state index contributed by atoms with van der Waals surface area (Å²) in [7, 11) is 0. The van der Waals surface area contributed by atoms with Crippen LogP contribution in [0.4, 0.5) is 5.69 Å². The van der Waals surface area contributed by atoms with E-state index in [2.05, 4.69) is 109 Å². The maximum Gasteiger partial charge on any atom is 0.0688 e. The summed E-state index contributed by atoms with van der Waals surface area (Å²) in [6, 6.07) is 17.2. The summed E-state index contributed by atoms with van der Waals surface area (Å²) in [6.45, 7) is 18.1. The molecule has 164 valence electrons. The lowest BCUT2D eigenvalue weighted by Crippen LogP contribution is -2.13. The van der Waals surface area contributed by atoms with Crippen LogP contribution in [0, 0.1) is 5.92 Å². The van der Waals surface area contributed by atoms with Crippen LogP contribution < -0.4 is 5.43 Å². The standard InChI is InChI=1S/C29H38N2/c1-18(2)25-15-12-16-26(19(3)4)29(25)31-30-28(24-13-10-9-11-14-24)17-27-22(7)20(5)21(6)23(27)8/h9-16,18-19,27,31H,17H2,1-8H3. The molecule has 0 unspecified atom stereocenters. The zero-order valence-corrected chi connectivity index (χ0v) is 20.5. The first-order valence-corrected chi connectivity index (χ1v) is 11.6. The molecule has 0 saturated heterocycles. The van der Waals surface area contributed by atoms with Crippen molar-refractivity contribution in [2.24, 2.45) is 11.0 Å². The van der Waals surface area contributed by atoms with Gasteiger partial charge in [0, 0.05) is 12.3 Å². The maximum absolute atomic E-state index is 5.05. The second-order valence-electron chi connectivity index (χ2n) is 9.53. The molecule has 2 nitrogen and oxygen atoms in total. The van der Waals surface area contributed by atoms with E-state index < -0.39 is 0 Å². The van der Waals surface area contributed by atoms with Gasteiger partial charge in [-0.1, -0.05) is 87.4 Å². The van der Waals surface area contributed by atoms with Crippen molar-refractivity contribution in [2.45, 2.75) is 73.6 Å². The van der Waals surface area contributed by atoms with E-state index in [9.17, 15) is 0 Å². The number of benzene rings is 2. The van der Waals surface area contributed by atoms with Crippen LogP contribution in [0.15, 0.2) is 75.9 Å². The van der Waals surface area contributed by atoms with Crippen molar-refractivity contribution in [3.63, 3.8) is 0 Å². The Morgan fingerprint density at radius 3 is 1.77 bits per heavy atom. The van der Waals surface area contributed by atoms with E-state index in [1.807, 2.05) is 0 Å². The van der Waals surface area contributed by atoms with Crippen LogP contribution in [0.2, 0.25) is 0 Å². The number of hydrogen-bond acceptors (Lipinski definition) is 2. The Morgan fingerprint density at radius 1 is 0.774 bits per heavy atom. The molecule has 2 aromatic carbocycles. The minimum absolute atomic E-state index is 0.422. The van der Waals surface area contributed by atoms with Crippen LogP contribution in [0.5, 0.6) is 0 Å². The fraction of sp³-hybridized carbons (Fsp3) is 0.414. The van der Waals surface area contributed by atoms with Gasteiger partial charge >= 0.3 is 0 Å². The molecular weight excluding hydrogens is 376 g/mol. The Bertz CT molecular complexity index is 970. The zero-order valence-electron chi connectivity index (χ0n) is 20.5. The highest BCUT2D eigenvalue weighted by Gasteiger charge is 2.26. The molecule has 1 aliphatic rings. The highest BCUT2D eigenvalue weighted by atomic mass is 15.3. The van der Waals surface area contributed by atoms with Gasteiger partial charge in [0.15, 0.2) is 0 Å². The fourth-order valence-corrected chi connectivity index (χ4v) is 4.60. The molecule has 2 aromatic rings. The van der Waals surface area contributed by atoms with E-state index in [1.165, 1.54) is 44.7 Å². The highest BCUT2D eigenvalue weighted by molar-refractivity contribution is 6.01. The topological polar surface area (TPSA) is 24.4 Å². The van der Waals surface area contributed by atoms with E-state index in [4.69, 9.17) is 5.10 Å². The van der Waals surface area contributed by atoms with Crippen molar-refractivity contribution in [3.8, 4) is 0 Å². The van der Waals surface area contributed by atoms with Crippen molar-refractivity contribution < 1.29 is 0 Å². The van der Waals surface area contributed by atoms with Gasteiger partial charge in [-0.2, -0.15) is 5.10 Å². The summed E-state index contributed by atoms with van der Waals surface area (Å²) in [4.78, 5) is 0. The number of rotatable bonds is 7. The quantitative estimate of drug-likeness (QED) is 0.357. The Labute approximate surface area is 189 Å². The molecule has 1 aliphatic carbocycles. The molecule has 0 fully saturated rings. The molecule has 0 heterocycles. The zero-order chi connectivity index (χ0) is 22.7. The van der Waals surface area contributed by atoms with Gasteiger partial charge in [0.2, 0.25) is 0 Å². The summed E-state index contributed by atoms with van der Waals surface area (Å²) in [5, 5.41) is 5.05. The predicted molar refractivity (Wildman–Crippen MR) is 136 cm³/mol. The molecular formula is C29H38N2. The number of para-hydroxylation sites is 1. The number of allylic oxidation sites excluding steroid dienone is 4. The first-order chi connectivity index (χ1) is 14.7. The first kappa shape index (κ1) is 23.1. The Morgan fingerprint density at radius 2 is 1.29 bits per heavy atom. The van der Waals surface area contributed by atoms with Crippen LogP contribution in [-0.4, -0.2) is 5.71 Å². The maximum atomic E-state index is 5.05. The number of hydrogen-bond donors (Lipinski definition) is 1. The molecule has 0 atom stereocenters. The molecule has 0 bridgehead atoms. The fourth-order valence-electron chi connectivity index (χ4n) is 4.60. The number of hydrazone groups is 1. The van der Waals surface area contributed by atoms with E-state index in [1.54, 1.807) is 0 Å². The second kappa shape index (κ2) is 9.68. The van der Waals surface area contributed by atoms with Crippen molar-refractivity contribution in [2.75, 3.05) is 5.43 Å². The number of anilines is 1. The number of nitrogens with one attached hydrogen (secondary N) is 1. The van der Waals surface area contributed by atoms with E-state index >= 15 is 0 Å². The molecule has 3 rings (SSSR count). The Kier molecular flexibility index (Phi) is 7.20. The number of nitrogens with zero attached hydrogens (tertiary/aromatic N) is 1. The summed E-state index contributed by atoms with van der Waals surface area (Å²) in [6.07, 6.45) is 0.907. The van der Waals surface area contributed by atoms with Crippen molar-refractivity contribution in [1.82, 2.24) is 0 Å². The van der Waals surface area contributed by atoms with Crippen LogP contribution in [0.3, 0.4) is 0 Å². The van der Waals surface area contributed by atoms with Crippen molar-refractivity contribution >= 4 is 11.4 Å². The Balaban J connectivity index is 2.03. The van der Waals surface area contributed by atoms with Gasteiger partial charge in [0.25, 0.3) is 0 Å². The van der Waals surface area contributed by atoms with Gasteiger partial charge in [-0.3, -0.25) is 5.43 Å². The molecule has 0 aromatic heterocycles. The lowest BCUT2D eigenvalue weighted by molar-refractivity contribution is 0.757. The minimum atomic E-state index is 0.422. The van der Waals surface area contributed by atoms with Crippen LogP contribution >= 0.6 is 0 Å². The molecule has 31 heavy (non-hydrogen) atoms. The third kappa shape index (κ3) is 4.84. The SMILES string of the molecule is CC1=C(C)C(CC(=NNc2c(C(C)C)cccc2C(C)C)c2ccccc2)C(C)=C1C. The van der Waals surface area contributed by atoms with Crippen LogP contribution in [0.1, 0.15) is 90.3 Å². The average molecular weight is 415 g/mol. The third-order valence-corrected chi connectivity index (χ3v) is 6.97. The van der Waals surface area contributed by atoms with E-state index in [0.717, 1.165) is 12.1 Å². The lowest BCUT2D eigenvalue weighted by atomic mass is 9.89. The highest BCUT2D eigenvalue weighted by Crippen LogP contribution is 2.39. The molecule has 0 aliphatic heterocycles. The first-order valence-electron chi connectivity index (χ1n) is 11.6. The Hall–Kier alpha value is -2.61. The van der Waals surface area contributed by atoms with Gasteiger partial charge in [0.05, 0.1) is 11.4 Å². The van der Waals surface area contributed by atoms with Crippen molar-refractivity contribution in [3.05, 3.63) is 87.5 Å². The summed E-state index contributed by atoms with van der Waals surface area (Å²) in [5.41, 5.74) is 15.5. The summed E-state index contributed by atoms with van der Waals surface area (Å²) < 4.78 is 0. The molecule has 0 amide bonds. The average Bonchev–Trinajstić information content (AvgIpc) is 2.94. The predicted octanol–water partition coefficient (Wildman–Crippen LogP) is 8.44. The van der Waals surface area contributed by atoms with Gasteiger partial charge in [0.1, 0.15) is 0 Å². The van der Waals surface area contributed by atoms with Crippen molar-refractivity contribution in [1.29, 1.82) is 0 Å². The van der Waals surface area contributed by atoms with Crippen LogP contribution in [0.25, 0.3) is 0 Å². The molecule has 0 radical (unpaired) electrons. The largest absolute Gasteiger partial charge is 0.278 e. The van der Waals surface area contributed by atoms with Crippen LogP contribution in [-0.2, 0) is 0 Å². The van der Waals surface area contributed by atoms with Gasteiger partial charge < -0.3 is 0 Å². The molecule has 0 saturated carbocycles. The summed E-state index contributed by atoms with van der Waals surface area (Å²) in [5.74, 6) is 1.30. The lowest BCUT2D eigenvalue weighted by Gasteiger charge is -2.21. The summed E-state index contributed by atoms with van der Waals surface area (Å²) >= 11 is 0. The molecule has 1 N–H and O–H groups in total. The van der Waals surface area contributed by atoms with E-state index in [0.29, 0.717) is 17.8 Å². The van der Waals surface area contributed by atoms with Gasteiger partial charge in [-0.25, -0.2) is 0 Å². The normalized spacial score (nSPS) is 15.6. The van der Waals surface area contributed by atoms with Gasteiger partial charge in [-0.05, 0) is 67.4 Å². The molecule has 0 spiro atoms. The van der Waals surface area contributed by atoms with Gasteiger partial charge in [-0.15, -0.1) is 0 Å². The smallest absolute Gasteiger partial charge is 0.0688 e. The second-order valence-corrected chi connectivity index (χ2v) is 9.53. The monoisotopic (exact) mass is 414 g/mol. The third-order valence-electron chi connectivity index (χ3n) is 6.97.